The molecule has 0 radical (unpaired) electrons. The first-order valence-corrected chi connectivity index (χ1v) is 28.3. The van der Waals surface area contributed by atoms with Gasteiger partial charge in [-0.05, 0) is 132 Å². The summed E-state index contributed by atoms with van der Waals surface area (Å²) in [6, 6.07) is 8.68. The molecule has 17 nitrogen and oxygen atoms in total. The zero-order chi connectivity index (χ0) is 56.1. The third-order valence-electron chi connectivity index (χ3n) is 17.8. The molecule has 2 aromatic carbocycles. The Morgan fingerprint density at radius 3 is 2.36 bits per heavy atom. The van der Waals surface area contributed by atoms with Crippen molar-refractivity contribution < 1.29 is 77.8 Å². The highest BCUT2D eigenvalue weighted by Crippen LogP contribution is 2.48. The van der Waals surface area contributed by atoms with Crippen LogP contribution < -0.4 is 5.43 Å². The first kappa shape index (κ1) is 58.3. The molecule has 0 aliphatic carbocycles. The van der Waals surface area contributed by atoms with Crippen LogP contribution in [0.3, 0.4) is 0 Å². The van der Waals surface area contributed by atoms with E-state index in [4.69, 9.17) is 42.7 Å². The van der Waals surface area contributed by atoms with Crippen LogP contribution in [0.25, 0.3) is 21.9 Å². The van der Waals surface area contributed by atoms with Gasteiger partial charge >= 0.3 is 11.9 Å². The lowest BCUT2D eigenvalue weighted by atomic mass is 9.79. The SMILES string of the molecule is C=C1[C@@H](O)[C@@H]2O[C@]3(CC[C@H](/C=C/[C@@H](C)[C@@H]4CC(C)=C[C@@]5(O[C@H](C[C@@](C)(O)C(=O)O)CC[C@H]5O)O4)O3)CC[C@H]2O[C@@H]1[C@@H](O)C[C@H](C)[C@H]1O[C@@]2(CCCCO2)CC[C@H]1C.Cc1ccc2c(=O)c3cccc(CC(=O)O)c3oc2c1C. The molecule has 17 atom stereocenters. The minimum atomic E-state index is -1.96. The Balaban J connectivity index is 0.000000293. The van der Waals surface area contributed by atoms with Gasteiger partial charge in [-0.2, -0.15) is 0 Å². The van der Waals surface area contributed by atoms with E-state index in [0.717, 1.165) is 61.8 Å². The zero-order valence-electron chi connectivity index (χ0n) is 46.3. The molecule has 3 aromatic rings. The minimum Gasteiger partial charge on any atom is -0.481 e. The summed E-state index contributed by atoms with van der Waals surface area (Å²) in [5.41, 5.74) is 2.67. The molecule has 3 spiro atoms. The monoisotopic (exact) mass is 1090 g/mol. The Bertz CT molecular complexity index is 2810. The molecule has 78 heavy (non-hydrogen) atoms. The molecule has 0 unspecified atom stereocenters. The van der Waals surface area contributed by atoms with E-state index in [1.807, 2.05) is 39.8 Å². The molecule has 1 aromatic heterocycles. The lowest BCUT2D eigenvalue weighted by molar-refractivity contribution is -0.321. The third-order valence-corrected chi connectivity index (χ3v) is 17.8. The van der Waals surface area contributed by atoms with Crippen LogP contribution in [0.2, 0.25) is 0 Å². The molecule has 0 amide bonds. The number of carbonyl (C=O) groups is 2. The summed E-state index contributed by atoms with van der Waals surface area (Å²) < 4.78 is 51.1. The highest BCUT2D eigenvalue weighted by Gasteiger charge is 2.55. The number of hydrogen-bond acceptors (Lipinski definition) is 15. The lowest BCUT2D eigenvalue weighted by Gasteiger charge is -2.50. The van der Waals surface area contributed by atoms with Crippen LogP contribution in [0.4, 0.5) is 0 Å². The third kappa shape index (κ3) is 12.1. The number of aryl methyl sites for hydroxylation is 2. The van der Waals surface area contributed by atoms with Crippen LogP contribution in [0, 0.1) is 31.6 Å². The molecule has 8 heterocycles. The Morgan fingerprint density at radius 1 is 0.885 bits per heavy atom. The van der Waals surface area contributed by atoms with Crippen molar-refractivity contribution in [2.75, 3.05) is 6.61 Å². The van der Waals surface area contributed by atoms with Gasteiger partial charge in [0.1, 0.15) is 35.6 Å². The predicted molar refractivity (Wildman–Crippen MR) is 288 cm³/mol. The highest BCUT2D eigenvalue weighted by molar-refractivity contribution is 5.93. The number of aliphatic carboxylic acids is 2. The second-order valence-electron chi connectivity index (χ2n) is 24.0. The van der Waals surface area contributed by atoms with E-state index in [2.05, 4.69) is 26.5 Å². The molecule has 7 aliphatic rings. The topological polar surface area (TPSA) is 250 Å². The van der Waals surface area contributed by atoms with Crippen molar-refractivity contribution in [1.82, 2.24) is 0 Å². The first-order valence-electron chi connectivity index (χ1n) is 28.3. The summed E-state index contributed by atoms with van der Waals surface area (Å²) in [4.78, 5) is 35.1. The molecule has 10 rings (SSSR count). The predicted octanol–water partition coefficient (Wildman–Crippen LogP) is 8.40. The number of benzene rings is 2. The maximum atomic E-state index is 12.6. The van der Waals surface area contributed by atoms with Crippen LogP contribution in [-0.4, -0.2) is 133 Å². The van der Waals surface area contributed by atoms with Crippen molar-refractivity contribution in [3.05, 3.63) is 93.2 Å². The van der Waals surface area contributed by atoms with Crippen LogP contribution in [0.15, 0.2) is 75.5 Å². The van der Waals surface area contributed by atoms with E-state index in [9.17, 15) is 39.9 Å². The summed E-state index contributed by atoms with van der Waals surface area (Å²) in [6.45, 7) is 18.3. The number of carboxylic acid groups (broad SMARTS) is 2. The standard InChI is InChI=1S/C44H68O13.C17H14O4/c1-25-21-34(55-44(23-25)35(46)12-11-31(54-44)24-41(6,50)40(48)49)26(2)9-10-30-14-18-43(53-30)19-15-33-39(57-43)36(47)29(5)38(52-33)32(45)22-28(4)37-27(3)13-17-42(56-37)16-7-8-20-51-42;1-9-6-7-13-15(20)12-5-3-4-11(8-14(18)19)17(12)21-16(13)10(9)2/h9-10,23,26-28,30-39,45-47,50H,5,7-8,11-22,24H2,1-4,6H3,(H,48,49);3-7H,8H2,1-2H3,(H,18,19)/b10-9+;/t26-,27-,28+,30+,31+,32+,33-,34+,35-,36-,37+,38+,39-,41-,42+,43-,44-;/m1./s1. The first-order chi connectivity index (χ1) is 36.9. The number of rotatable bonds is 12. The van der Waals surface area contributed by atoms with Crippen LogP contribution in [0.1, 0.15) is 141 Å². The number of carboxylic acids is 2. The number of ether oxygens (including phenoxy) is 7. The number of aliphatic hydroxyl groups is 4. The van der Waals surface area contributed by atoms with Crippen molar-refractivity contribution in [1.29, 1.82) is 0 Å². The maximum Gasteiger partial charge on any atom is 0.335 e. The normalized spacial score (nSPS) is 36.2. The lowest BCUT2D eigenvalue weighted by Crippen LogP contribution is -2.60. The molecule has 428 valence electrons. The Labute approximate surface area is 456 Å². The van der Waals surface area contributed by atoms with Gasteiger partial charge in [0, 0.05) is 43.6 Å². The van der Waals surface area contributed by atoms with E-state index in [1.165, 1.54) is 6.92 Å². The summed E-state index contributed by atoms with van der Waals surface area (Å²) in [6.07, 6.45) is 9.20. The summed E-state index contributed by atoms with van der Waals surface area (Å²) in [5.74, 6) is -4.77. The maximum absolute atomic E-state index is 12.6. The Hall–Kier alpha value is -4.37. The van der Waals surface area contributed by atoms with E-state index >= 15 is 0 Å². The fraction of sp³-hybridized carbons (Fsp3) is 0.656. The molecular formula is C61H82O17. The molecular weight excluding hydrogens is 1000 g/mol. The second-order valence-corrected chi connectivity index (χ2v) is 24.0. The van der Waals surface area contributed by atoms with Crippen LogP contribution >= 0.6 is 0 Å². The van der Waals surface area contributed by atoms with Crippen LogP contribution in [-0.2, 0) is 49.2 Å². The fourth-order valence-electron chi connectivity index (χ4n) is 13.1. The summed E-state index contributed by atoms with van der Waals surface area (Å²) >= 11 is 0. The number of fused-ring (bicyclic) bond motifs is 3. The van der Waals surface area contributed by atoms with Gasteiger partial charge in [-0.1, -0.05) is 63.3 Å². The number of para-hydroxylation sites is 1. The Morgan fingerprint density at radius 2 is 1.63 bits per heavy atom. The van der Waals surface area contributed by atoms with Gasteiger partial charge in [-0.15, -0.1) is 0 Å². The van der Waals surface area contributed by atoms with Gasteiger partial charge in [0.05, 0.1) is 60.4 Å². The second kappa shape index (κ2) is 23.2. The average Bonchev–Trinajstić information content (AvgIpc) is 3.83. The quantitative estimate of drug-likeness (QED) is 0.0736. The van der Waals surface area contributed by atoms with Gasteiger partial charge < -0.3 is 68.2 Å². The molecule has 6 N–H and O–H groups in total. The van der Waals surface area contributed by atoms with E-state index in [0.29, 0.717) is 83.9 Å². The van der Waals surface area contributed by atoms with Crippen LogP contribution in [0.5, 0.6) is 0 Å². The molecule has 0 saturated carbocycles. The van der Waals surface area contributed by atoms with E-state index in [1.54, 1.807) is 30.3 Å². The average molecular weight is 1090 g/mol. The van der Waals surface area contributed by atoms with Gasteiger partial charge in [-0.25, -0.2) is 4.79 Å². The highest BCUT2D eigenvalue weighted by atomic mass is 16.7. The fourth-order valence-corrected chi connectivity index (χ4v) is 13.1. The summed E-state index contributed by atoms with van der Waals surface area (Å²) in [7, 11) is 0. The van der Waals surface area contributed by atoms with Crippen molar-refractivity contribution >= 4 is 33.9 Å². The van der Waals surface area contributed by atoms with Crippen molar-refractivity contribution in [2.24, 2.45) is 17.8 Å². The van der Waals surface area contributed by atoms with E-state index in [-0.39, 0.29) is 48.4 Å². The van der Waals surface area contributed by atoms with Crippen molar-refractivity contribution in [2.45, 2.75) is 229 Å². The van der Waals surface area contributed by atoms with Gasteiger partial charge in [0.15, 0.2) is 17.2 Å². The molecule has 17 heteroatoms. The van der Waals surface area contributed by atoms with E-state index < -0.39 is 77.6 Å². The zero-order valence-corrected chi connectivity index (χ0v) is 46.3. The van der Waals surface area contributed by atoms with Crippen molar-refractivity contribution in [3.8, 4) is 0 Å². The van der Waals surface area contributed by atoms with Crippen molar-refractivity contribution in [3.63, 3.8) is 0 Å². The smallest absolute Gasteiger partial charge is 0.335 e. The van der Waals surface area contributed by atoms with Gasteiger partial charge in [0.25, 0.3) is 0 Å². The number of aliphatic hydroxyl groups excluding tert-OH is 3. The largest absolute Gasteiger partial charge is 0.481 e. The van der Waals surface area contributed by atoms with Gasteiger partial charge in [-0.3, -0.25) is 9.59 Å². The summed E-state index contributed by atoms with van der Waals surface area (Å²) in [5, 5.41) is 63.9. The minimum absolute atomic E-state index is 0.0423. The molecule has 6 fully saturated rings. The molecule has 7 aliphatic heterocycles. The molecule has 0 bridgehead atoms. The van der Waals surface area contributed by atoms with Gasteiger partial charge in [0.2, 0.25) is 11.2 Å². The number of hydrogen-bond donors (Lipinski definition) is 6. The Kier molecular flexibility index (Phi) is 17.4. The molecule has 6 saturated heterocycles.